The van der Waals surface area contributed by atoms with Crippen molar-refractivity contribution in [2.45, 2.75) is 98.1 Å². The number of nitrogens with one attached hydrogen (secondary N) is 2. The summed E-state index contributed by atoms with van der Waals surface area (Å²) in [7, 11) is 0. The fourth-order valence-electron chi connectivity index (χ4n) is 2.71. The van der Waals surface area contributed by atoms with E-state index in [9.17, 15) is 9.59 Å². The molecule has 1 atom stereocenters. The van der Waals surface area contributed by atoms with Crippen LogP contribution in [-0.2, 0) is 9.59 Å². The van der Waals surface area contributed by atoms with E-state index in [1.54, 1.807) is 0 Å². The first-order valence-electron chi connectivity index (χ1n) is 9.76. The molecule has 0 aliphatic heterocycles. The minimum atomic E-state index is -0.347. The number of carbonyl (C=O) groups excluding carboxylic acids is 2. The maximum atomic E-state index is 12.6. The van der Waals surface area contributed by atoms with Crippen LogP contribution in [0.25, 0.3) is 0 Å². The molecule has 0 aromatic rings. The van der Waals surface area contributed by atoms with Crippen molar-refractivity contribution >= 4 is 11.7 Å². The third-order valence-electron chi connectivity index (χ3n) is 4.01. The van der Waals surface area contributed by atoms with Crippen LogP contribution in [0.5, 0.6) is 0 Å². The summed E-state index contributed by atoms with van der Waals surface area (Å²) in [5.41, 5.74) is 5.00. The highest BCUT2D eigenvalue weighted by molar-refractivity contribution is 5.88. The second-order valence-electron chi connectivity index (χ2n) is 9.01. The van der Waals surface area contributed by atoms with Gasteiger partial charge < -0.3 is 16.4 Å². The summed E-state index contributed by atoms with van der Waals surface area (Å²) >= 11 is 0. The SMILES string of the molecule is CC(C)(C)NC(CCCCNC(=O)CCCCCN)C(=O)C(C)(C)C. The lowest BCUT2D eigenvalue weighted by atomic mass is 9.84. The van der Waals surface area contributed by atoms with E-state index >= 15 is 0 Å². The van der Waals surface area contributed by atoms with E-state index in [1.165, 1.54) is 0 Å². The van der Waals surface area contributed by atoms with Crippen molar-refractivity contribution < 1.29 is 9.59 Å². The first kappa shape index (κ1) is 24.1. The monoisotopic (exact) mass is 355 g/mol. The average molecular weight is 356 g/mol. The van der Waals surface area contributed by atoms with Crippen LogP contribution in [0.4, 0.5) is 0 Å². The van der Waals surface area contributed by atoms with Crippen molar-refractivity contribution in [3.8, 4) is 0 Å². The molecule has 0 aliphatic rings. The molecular weight excluding hydrogens is 314 g/mol. The van der Waals surface area contributed by atoms with E-state index in [-0.39, 0.29) is 28.7 Å². The van der Waals surface area contributed by atoms with Gasteiger partial charge in [-0.15, -0.1) is 0 Å². The van der Waals surface area contributed by atoms with Gasteiger partial charge in [0.05, 0.1) is 6.04 Å². The molecule has 0 saturated carbocycles. The Morgan fingerprint density at radius 1 is 0.920 bits per heavy atom. The van der Waals surface area contributed by atoms with E-state index < -0.39 is 0 Å². The molecule has 0 aromatic carbocycles. The van der Waals surface area contributed by atoms with Gasteiger partial charge in [-0.2, -0.15) is 0 Å². The molecule has 0 rings (SSSR count). The predicted octanol–water partition coefficient (Wildman–Crippen LogP) is 3.16. The Morgan fingerprint density at radius 3 is 2.08 bits per heavy atom. The zero-order chi connectivity index (χ0) is 19.5. The molecule has 0 radical (unpaired) electrons. The number of amides is 1. The Kier molecular flexibility index (Phi) is 11.2. The second kappa shape index (κ2) is 11.6. The normalized spacial score (nSPS) is 13.6. The van der Waals surface area contributed by atoms with E-state index in [4.69, 9.17) is 5.73 Å². The molecule has 4 N–H and O–H groups in total. The smallest absolute Gasteiger partial charge is 0.219 e. The van der Waals surface area contributed by atoms with Gasteiger partial charge in [-0.05, 0) is 59.4 Å². The maximum Gasteiger partial charge on any atom is 0.219 e. The summed E-state index contributed by atoms with van der Waals surface area (Å²) in [6.07, 6.45) is 6.10. The number of Topliss-reactive ketones (excluding diaryl/α,β-unsaturated/α-hetero) is 1. The number of nitrogens with two attached hydrogens (primary N) is 1. The lowest BCUT2D eigenvalue weighted by molar-refractivity contribution is -0.129. The van der Waals surface area contributed by atoms with Gasteiger partial charge in [0.15, 0.2) is 5.78 Å². The molecule has 25 heavy (non-hydrogen) atoms. The lowest BCUT2D eigenvalue weighted by Gasteiger charge is -2.31. The van der Waals surface area contributed by atoms with Crippen LogP contribution in [0.2, 0.25) is 0 Å². The Hall–Kier alpha value is -0.940. The molecule has 0 aromatic heterocycles. The summed E-state index contributed by atoms with van der Waals surface area (Å²) in [4.78, 5) is 24.4. The number of hydrogen-bond acceptors (Lipinski definition) is 4. The van der Waals surface area contributed by atoms with Gasteiger partial charge in [0, 0.05) is 23.9 Å². The number of ketones is 1. The van der Waals surface area contributed by atoms with Crippen molar-refractivity contribution in [2.75, 3.05) is 13.1 Å². The average Bonchev–Trinajstić information content (AvgIpc) is 2.47. The quantitative estimate of drug-likeness (QED) is 0.470. The van der Waals surface area contributed by atoms with Crippen LogP contribution in [-0.4, -0.2) is 36.4 Å². The lowest BCUT2D eigenvalue weighted by Crippen LogP contribution is -2.50. The molecule has 0 spiro atoms. The molecule has 0 aliphatic carbocycles. The fourth-order valence-corrected chi connectivity index (χ4v) is 2.71. The van der Waals surface area contributed by atoms with E-state index in [1.807, 2.05) is 20.8 Å². The van der Waals surface area contributed by atoms with Gasteiger partial charge in [0.2, 0.25) is 5.91 Å². The molecule has 148 valence electrons. The summed E-state index contributed by atoms with van der Waals surface area (Å²) < 4.78 is 0. The van der Waals surface area contributed by atoms with Gasteiger partial charge in [-0.1, -0.05) is 27.2 Å². The Labute approximate surface area is 154 Å². The molecule has 1 unspecified atom stereocenters. The molecule has 0 fully saturated rings. The van der Waals surface area contributed by atoms with E-state index in [0.717, 1.165) is 38.5 Å². The minimum absolute atomic E-state index is 0.0939. The van der Waals surface area contributed by atoms with Crippen LogP contribution in [0.3, 0.4) is 0 Å². The predicted molar refractivity (Wildman–Crippen MR) is 106 cm³/mol. The van der Waals surface area contributed by atoms with Gasteiger partial charge in [-0.25, -0.2) is 0 Å². The van der Waals surface area contributed by atoms with Gasteiger partial charge in [0.25, 0.3) is 0 Å². The van der Waals surface area contributed by atoms with Crippen LogP contribution in [0.15, 0.2) is 0 Å². The maximum absolute atomic E-state index is 12.6. The highest BCUT2D eigenvalue weighted by Gasteiger charge is 2.31. The van der Waals surface area contributed by atoms with Crippen molar-refractivity contribution in [2.24, 2.45) is 11.1 Å². The number of carbonyl (C=O) groups is 2. The van der Waals surface area contributed by atoms with Crippen molar-refractivity contribution in [1.29, 1.82) is 0 Å². The second-order valence-corrected chi connectivity index (χ2v) is 9.01. The molecule has 5 nitrogen and oxygen atoms in total. The third-order valence-corrected chi connectivity index (χ3v) is 4.01. The van der Waals surface area contributed by atoms with Crippen LogP contribution in [0.1, 0.15) is 86.5 Å². The van der Waals surface area contributed by atoms with Crippen LogP contribution < -0.4 is 16.4 Å². The van der Waals surface area contributed by atoms with Gasteiger partial charge >= 0.3 is 0 Å². The number of hydrogen-bond donors (Lipinski definition) is 3. The highest BCUT2D eigenvalue weighted by Crippen LogP contribution is 2.21. The molecule has 5 heteroatoms. The first-order chi connectivity index (χ1) is 11.5. The summed E-state index contributed by atoms with van der Waals surface area (Å²) in [5, 5.41) is 6.42. The Morgan fingerprint density at radius 2 is 1.56 bits per heavy atom. The van der Waals surface area contributed by atoms with Gasteiger partial charge in [0.1, 0.15) is 0 Å². The van der Waals surface area contributed by atoms with Crippen LogP contribution in [0, 0.1) is 5.41 Å². The van der Waals surface area contributed by atoms with E-state index in [2.05, 4.69) is 31.4 Å². The zero-order valence-corrected chi connectivity index (χ0v) is 17.3. The van der Waals surface area contributed by atoms with Gasteiger partial charge in [-0.3, -0.25) is 9.59 Å². The summed E-state index contributed by atoms with van der Waals surface area (Å²) in [5.74, 6) is 0.374. The number of unbranched alkanes of at least 4 members (excludes halogenated alkanes) is 3. The standard InChI is InChI=1S/C20H41N3O2/c1-19(2,3)18(25)16(23-20(4,5)6)12-9-11-15-22-17(24)13-8-7-10-14-21/h16,23H,7-15,21H2,1-6H3,(H,22,24). The Bertz CT molecular complexity index is 395. The molecular formula is C20H41N3O2. The van der Waals surface area contributed by atoms with Crippen molar-refractivity contribution in [3.63, 3.8) is 0 Å². The summed E-state index contributed by atoms with van der Waals surface area (Å²) in [6, 6.07) is -0.132. The van der Waals surface area contributed by atoms with Crippen LogP contribution >= 0.6 is 0 Å². The van der Waals surface area contributed by atoms with Crippen molar-refractivity contribution in [1.82, 2.24) is 10.6 Å². The topological polar surface area (TPSA) is 84.2 Å². The fraction of sp³-hybridized carbons (Fsp3) is 0.900. The molecule has 0 bridgehead atoms. The molecule has 1 amide bonds. The minimum Gasteiger partial charge on any atom is -0.356 e. The Balaban J connectivity index is 4.14. The number of rotatable bonds is 12. The third kappa shape index (κ3) is 13.0. The highest BCUT2D eigenvalue weighted by atomic mass is 16.1. The summed E-state index contributed by atoms with van der Waals surface area (Å²) in [6.45, 7) is 13.5. The van der Waals surface area contributed by atoms with Crippen molar-refractivity contribution in [3.05, 3.63) is 0 Å². The first-order valence-corrected chi connectivity index (χ1v) is 9.76. The van der Waals surface area contributed by atoms with E-state index in [0.29, 0.717) is 19.5 Å². The molecule has 0 heterocycles. The molecule has 0 saturated heterocycles. The largest absolute Gasteiger partial charge is 0.356 e. The zero-order valence-electron chi connectivity index (χ0n) is 17.3.